The van der Waals surface area contributed by atoms with Crippen LogP contribution < -0.4 is 0 Å². The molecule has 0 amide bonds. The minimum atomic E-state index is -3.27. The third kappa shape index (κ3) is 5.04. The number of hydrogen-bond donors (Lipinski definition) is 0. The predicted octanol–water partition coefficient (Wildman–Crippen LogP) is 3.29. The van der Waals surface area contributed by atoms with Crippen molar-refractivity contribution < 1.29 is 8.42 Å². The van der Waals surface area contributed by atoms with Crippen LogP contribution in [0.3, 0.4) is 0 Å². The van der Waals surface area contributed by atoms with E-state index in [2.05, 4.69) is 16.8 Å². The SMILES string of the molecule is Cc1cccc(C#CC=C2CCN(S(=O)(=O)Cc3ccccc3)CC2)n1. The van der Waals surface area contributed by atoms with Crippen LogP contribution >= 0.6 is 0 Å². The molecule has 1 aliphatic rings. The summed E-state index contributed by atoms with van der Waals surface area (Å²) in [5.74, 6) is 6.15. The largest absolute Gasteiger partial charge is 0.245 e. The van der Waals surface area contributed by atoms with Gasteiger partial charge >= 0.3 is 0 Å². The molecule has 0 unspecified atom stereocenters. The van der Waals surface area contributed by atoms with E-state index in [0.29, 0.717) is 13.1 Å². The van der Waals surface area contributed by atoms with Gasteiger partial charge in [0.1, 0.15) is 5.69 Å². The molecule has 26 heavy (non-hydrogen) atoms. The quantitative estimate of drug-likeness (QED) is 0.783. The Balaban J connectivity index is 1.59. The summed E-state index contributed by atoms with van der Waals surface area (Å²) >= 11 is 0. The minimum absolute atomic E-state index is 0.0612. The van der Waals surface area contributed by atoms with Crippen LogP contribution in [-0.4, -0.2) is 30.8 Å². The Morgan fingerprint density at radius 2 is 1.81 bits per heavy atom. The Kier molecular flexibility index (Phi) is 5.87. The van der Waals surface area contributed by atoms with E-state index >= 15 is 0 Å². The summed E-state index contributed by atoms with van der Waals surface area (Å²) < 4.78 is 26.7. The highest BCUT2D eigenvalue weighted by Crippen LogP contribution is 2.20. The van der Waals surface area contributed by atoms with E-state index in [1.807, 2.05) is 61.5 Å². The molecule has 1 saturated heterocycles. The number of rotatable bonds is 3. The van der Waals surface area contributed by atoms with Gasteiger partial charge in [0.05, 0.1) is 5.75 Å². The molecule has 2 aromatic rings. The van der Waals surface area contributed by atoms with Gasteiger partial charge in [0.2, 0.25) is 10.0 Å². The maximum atomic E-state index is 12.6. The van der Waals surface area contributed by atoms with E-state index in [9.17, 15) is 8.42 Å². The van der Waals surface area contributed by atoms with Crippen LogP contribution in [-0.2, 0) is 15.8 Å². The second-order valence-corrected chi connectivity index (χ2v) is 8.35. The van der Waals surface area contributed by atoms with Gasteiger partial charge in [-0.05, 0) is 49.5 Å². The van der Waals surface area contributed by atoms with Crippen molar-refractivity contribution in [1.29, 1.82) is 0 Å². The first-order valence-electron chi connectivity index (χ1n) is 8.68. The van der Waals surface area contributed by atoms with Crippen LogP contribution in [0.15, 0.2) is 60.2 Å². The number of aromatic nitrogens is 1. The number of benzene rings is 1. The third-order valence-electron chi connectivity index (χ3n) is 4.31. The van der Waals surface area contributed by atoms with Crippen molar-refractivity contribution in [2.24, 2.45) is 0 Å². The molecular weight excluding hydrogens is 344 g/mol. The molecule has 0 aliphatic carbocycles. The standard InChI is InChI=1S/C21H22N2O2S/c1-18-7-5-11-21(22-18)12-6-10-19-13-15-23(16-14-19)26(24,25)17-20-8-3-2-4-9-20/h2-5,7-11H,13-17H2,1H3. The summed E-state index contributed by atoms with van der Waals surface area (Å²) in [5, 5.41) is 0. The lowest BCUT2D eigenvalue weighted by Gasteiger charge is -2.27. The fourth-order valence-corrected chi connectivity index (χ4v) is 4.43. The monoisotopic (exact) mass is 366 g/mol. The molecule has 1 aromatic carbocycles. The van der Waals surface area contributed by atoms with Gasteiger partial charge in [0.15, 0.2) is 0 Å². The smallest absolute Gasteiger partial charge is 0.218 e. The predicted molar refractivity (Wildman–Crippen MR) is 104 cm³/mol. The molecule has 0 atom stereocenters. The topological polar surface area (TPSA) is 50.3 Å². The maximum absolute atomic E-state index is 12.6. The van der Waals surface area contributed by atoms with Crippen molar-refractivity contribution in [3.8, 4) is 11.8 Å². The Labute approximate surface area is 155 Å². The fraction of sp³-hybridized carbons (Fsp3) is 0.286. The first-order valence-corrected chi connectivity index (χ1v) is 10.3. The average Bonchev–Trinajstić information content (AvgIpc) is 2.63. The summed E-state index contributed by atoms with van der Waals surface area (Å²) in [6.45, 7) is 2.98. The van der Waals surface area contributed by atoms with E-state index in [4.69, 9.17) is 0 Å². The van der Waals surface area contributed by atoms with Crippen molar-refractivity contribution in [1.82, 2.24) is 9.29 Å². The summed E-state index contributed by atoms with van der Waals surface area (Å²) in [7, 11) is -3.27. The minimum Gasteiger partial charge on any atom is -0.245 e. The Bertz CT molecular complexity index is 944. The number of nitrogens with zero attached hydrogens (tertiary/aromatic N) is 2. The number of allylic oxidation sites excluding steroid dienone is 1. The molecule has 1 aromatic heterocycles. The Hall–Kier alpha value is -2.42. The zero-order valence-electron chi connectivity index (χ0n) is 14.9. The van der Waals surface area contributed by atoms with Crippen LogP contribution in [0.5, 0.6) is 0 Å². The zero-order chi connectivity index (χ0) is 18.4. The third-order valence-corrected chi connectivity index (χ3v) is 6.16. The van der Waals surface area contributed by atoms with Crippen molar-refractivity contribution in [2.75, 3.05) is 13.1 Å². The molecule has 2 heterocycles. The molecule has 0 radical (unpaired) electrons. The lowest BCUT2D eigenvalue weighted by atomic mass is 10.1. The van der Waals surface area contributed by atoms with E-state index in [0.717, 1.165) is 29.8 Å². The summed E-state index contributed by atoms with van der Waals surface area (Å²) in [6.07, 6.45) is 3.36. The van der Waals surface area contributed by atoms with Gasteiger partial charge < -0.3 is 0 Å². The highest BCUT2D eigenvalue weighted by molar-refractivity contribution is 7.88. The van der Waals surface area contributed by atoms with Crippen molar-refractivity contribution in [3.05, 3.63) is 77.1 Å². The zero-order valence-corrected chi connectivity index (χ0v) is 15.7. The van der Waals surface area contributed by atoms with Crippen LogP contribution in [0.2, 0.25) is 0 Å². The highest BCUT2D eigenvalue weighted by Gasteiger charge is 2.25. The summed E-state index contributed by atoms with van der Waals surface area (Å²) in [6, 6.07) is 15.1. The van der Waals surface area contributed by atoms with Crippen LogP contribution in [0.25, 0.3) is 0 Å². The molecule has 0 N–H and O–H groups in total. The first kappa shape index (κ1) is 18.4. The molecule has 134 valence electrons. The van der Waals surface area contributed by atoms with E-state index in [1.165, 1.54) is 5.57 Å². The molecule has 0 spiro atoms. The van der Waals surface area contributed by atoms with Gasteiger partial charge in [0.25, 0.3) is 0 Å². The number of pyridine rings is 1. The normalized spacial score (nSPS) is 15.2. The van der Waals surface area contributed by atoms with Crippen LogP contribution in [0.4, 0.5) is 0 Å². The molecule has 1 aliphatic heterocycles. The highest BCUT2D eigenvalue weighted by atomic mass is 32.2. The lowest BCUT2D eigenvalue weighted by molar-refractivity contribution is 0.386. The number of piperidine rings is 1. The van der Waals surface area contributed by atoms with Gasteiger partial charge in [-0.25, -0.2) is 17.7 Å². The van der Waals surface area contributed by atoms with Crippen molar-refractivity contribution >= 4 is 10.0 Å². The number of hydrogen-bond acceptors (Lipinski definition) is 3. The molecule has 0 bridgehead atoms. The second-order valence-electron chi connectivity index (χ2n) is 6.38. The Morgan fingerprint density at radius 1 is 1.08 bits per heavy atom. The van der Waals surface area contributed by atoms with E-state index < -0.39 is 10.0 Å². The summed E-state index contributed by atoms with van der Waals surface area (Å²) in [4.78, 5) is 4.35. The average molecular weight is 366 g/mol. The van der Waals surface area contributed by atoms with Crippen molar-refractivity contribution in [3.63, 3.8) is 0 Å². The Morgan fingerprint density at radius 3 is 2.50 bits per heavy atom. The molecule has 4 nitrogen and oxygen atoms in total. The van der Waals surface area contributed by atoms with Gasteiger partial charge in [-0.15, -0.1) is 0 Å². The summed E-state index contributed by atoms with van der Waals surface area (Å²) in [5.41, 5.74) is 3.72. The van der Waals surface area contributed by atoms with Crippen molar-refractivity contribution in [2.45, 2.75) is 25.5 Å². The first-order chi connectivity index (χ1) is 12.5. The van der Waals surface area contributed by atoms with Gasteiger partial charge in [-0.2, -0.15) is 0 Å². The van der Waals surface area contributed by atoms with E-state index in [1.54, 1.807) is 4.31 Å². The second kappa shape index (κ2) is 8.31. The van der Waals surface area contributed by atoms with Crippen LogP contribution in [0.1, 0.15) is 29.8 Å². The van der Waals surface area contributed by atoms with Gasteiger partial charge in [-0.1, -0.05) is 47.9 Å². The maximum Gasteiger partial charge on any atom is 0.218 e. The van der Waals surface area contributed by atoms with Crippen LogP contribution in [0, 0.1) is 18.8 Å². The number of aryl methyl sites for hydroxylation is 1. The van der Waals surface area contributed by atoms with Gasteiger partial charge in [0, 0.05) is 18.8 Å². The molecular formula is C21H22N2O2S. The molecule has 5 heteroatoms. The van der Waals surface area contributed by atoms with Gasteiger partial charge in [-0.3, -0.25) is 0 Å². The molecule has 0 saturated carbocycles. The van der Waals surface area contributed by atoms with E-state index in [-0.39, 0.29) is 5.75 Å². The fourth-order valence-electron chi connectivity index (χ4n) is 2.90. The lowest BCUT2D eigenvalue weighted by Crippen LogP contribution is -2.37. The molecule has 3 rings (SSSR count). The number of sulfonamides is 1. The molecule has 1 fully saturated rings.